The lowest BCUT2D eigenvalue weighted by Crippen LogP contribution is -2.42. The molecule has 1 saturated heterocycles. The molecule has 2 N–H and O–H groups in total. The number of urea groups is 1. The fourth-order valence-corrected chi connectivity index (χ4v) is 5.17. The van der Waals surface area contributed by atoms with Gasteiger partial charge in [-0.3, -0.25) is 0 Å². The molecule has 2 aliphatic rings. The number of rotatable bonds is 8. The number of ether oxygens (including phenoxy) is 3. The van der Waals surface area contributed by atoms with Crippen LogP contribution < -0.4 is 15.4 Å². The molecule has 0 saturated carbocycles. The number of esters is 1. The number of aliphatic imine (C=N–C) groups is 1. The van der Waals surface area contributed by atoms with Crippen molar-refractivity contribution in [2.24, 2.45) is 4.99 Å². The van der Waals surface area contributed by atoms with Crippen LogP contribution in [0.2, 0.25) is 0 Å². The highest BCUT2D eigenvalue weighted by atomic mass is 32.2. The second kappa shape index (κ2) is 12.0. The molecule has 1 atom stereocenters. The molecule has 0 aliphatic carbocycles. The molecule has 36 heavy (non-hydrogen) atoms. The second-order valence-corrected chi connectivity index (χ2v) is 9.28. The van der Waals surface area contributed by atoms with E-state index in [4.69, 9.17) is 19.2 Å². The Morgan fingerprint density at radius 3 is 2.61 bits per heavy atom. The van der Waals surface area contributed by atoms with Crippen molar-refractivity contribution in [3.05, 3.63) is 65.4 Å². The molecule has 2 aliphatic heterocycles. The first-order valence-electron chi connectivity index (χ1n) is 11.7. The van der Waals surface area contributed by atoms with Crippen LogP contribution in [-0.2, 0) is 14.3 Å². The molecule has 0 bridgehead atoms. The maximum absolute atomic E-state index is 13.1. The van der Waals surface area contributed by atoms with Crippen molar-refractivity contribution in [3.63, 3.8) is 0 Å². The van der Waals surface area contributed by atoms with E-state index in [0.717, 1.165) is 29.4 Å². The summed E-state index contributed by atoms with van der Waals surface area (Å²) in [5.74, 6) is 1.17. The van der Waals surface area contributed by atoms with Crippen LogP contribution in [0.15, 0.2) is 64.8 Å². The van der Waals surface area contributed by atoms with Crippen LogP contribution in [-0.4, -0.2) is 61.8 Å². The van der Waals surface area contributed by atoms with Gasteiger partial charge in [0.1, 0.15) is 12.4 Å². The summed E-state index contributed by atoms with van der Waals surface area (Å²) in [6, 6.07) is 14.0. The number of carbonyl (C=O) groups excluding carboxylic acids is 2. The van der Waals surface area contributed by atoms with E-state index in [0.29, 0.717) is 35.0 Å². The summed E-state index contributed by atoms with van der Waals surface area (Å²) in [6.45, 7) is 3.14. The fourth-order valence-electron chi connectivity index (χ4n) is 4.15. The van der Waals surface area contributed by atoms with Gasteiger partial charge in [0.2, 0.25) is 0 Å². The quantitative estimate of drug-likeness (QED) is 0.394. The molecule has 2 heterocycles. The zero-order chi connectivity index (χ0) is 25.5. The van der Waals surface area contributed by atoms with E-state index in [1.165, 1.54) is 0 Å². The summed E-state index contributed by atoms with van der Waals surface area (Å²) in [7, 11) is 3.12. The van der Waals surface area contributed by atoms with Gasteiger partial charge >= 0.3 is 12.0 Å². The van der Waals surface area contributed by atoms with Crippen LogP contribution >= 0.6 is 11.8 Å². The van der Waals surface area contributed by atoms with Gasteiger partial charge in [-0.2, -0.15) is 0 Å². The first kappa shape index (κ1) is 25.6. The summed E-state index contributed by atoms with van der Waals surface area (Å²) >= 11 is 1.69. The van der Waals surface area contributed by atoms with Crippen LogP contribution in [0, 0.1) is 0 Å². The van der Waals surface area contributed by atoms with Crippen molar-refractivity contribution in [2.45, 2.75) is 19.4 Å². The van der Waals surface area contributed by atoms with Gasteiger partial charge in [-0.05, 0) is 43.2 Å². The van der Waals surface area contributed by atoms with Gasteiger partial charge < -0.3 is 29.7 Å². The topological polar surface area (TPSA) is 101 Å². The lowest BCUT2D eigenvalue weighted by Gasteiger charge is -2.40. The van der Waals surface area contributed by atoms with Crippen LogP contribution in [0.5, 0.6) is 5.75 Å². The standard InChI is InChI=1S/C26H30N4O5S/c1-17-22(24(31)35-15-14-33-2)23(30-13-6-16-36-26(30)27-17)18-9-11-19(12-10-18)28-25(32)29-20-7-4-5-8-21(20)34-3/h4-5,7-12,23H,6,13-16H2,1-3H3,(H2,28,29,32). The number of para-hydroxylation sites is 2. The van der Waals surface area contributed by atoms with E-state index in [1.54, 1.807) is 38.1 Å². The number of carbonyl (C=O) groups is 2. The van der Waals surface area contributed by atoms with Crippen molar-refractivity contribution in [1.29, 1.82) is 0 Å². The Kier molecular flexibility index (Phi) is 8.50. The molecular weight excluding hydrogens is 480 g/mol. The third-order valence-corrected chi connectivity index (χ3v) is 6.92. The maximum Gasteiger partial charge on any atom is 0.338 e. The zero-order valence-electron chi connectivity index (χ0n) is 20.6. The summed E-state index contributed by atoms with van der Waals surface area (Å²) in [5, 5.41) is 6.55. The molecule has 0 radical (unpaired) electrons. The highest BCUT2D eigenvalue weighted by molar-refractivity contribution is 8.13. The van der Waals surface area contributed by atoms with Gasteiger partial charge in [-0.15, -0.1) is 0 Å². The summed E-state index contributed by atoms with van der Waals surface area (Å²) in [4.78, 5) is 32.5. The summed E-state index contributed by atoms with van der Waals surface area (Å²) in [6.07, 6.45) is 0.994. The predicted molar refractivity (Wildman–Crippen MR) is 142 cm³/mol. The van der Waals surface area contributed by atoms with Gasteiger partial charge in [0, 0.05) is 25.1 Å². The average Bonchev–Trinajstić information content (AvgIpc) is 2.88. The van der Waals surface area contributed by atoms with Crippen LogP contribution in [0.25, 0.3) is 0 Å². The zero-order valence-corrected chi connectivity index (χ0v) is 21.4. The molecule has 1 fully saturated rings. The van der Waals surface area contributed by atoms with E-state index in [2.05, 4.69) is 15.5 Å². The lowest BCUT2D eigenvalue weighted by molar-refractivity contribution is -0.141. The van der Waals surface area contributed by atoms with E-state index >= 15 is 0 Å². The van der Waals surface area contributed by atoms with Crippen LogP contribution in [0.3, 0.4) is 0 Å². The molecule has 0 aromatic heterocycles. The van der Waals surface area contributed by atoms with E-state index in [1.807, 2.05) is 43.3 Å². The molecule has 0 spiro atoms. The summed E-state index contributed by atoms with van der Waals surface area (Å²) < 4.78 is 15.8. The lowest BCUT2D eigenvalue weighted by atomic mass is 9.94. The molecule has 2 amide bonds. The minimum absolute atomic E-state index is 0.175. The minimum Gasteiger partial charge on any atom is -0.495 e. The minimum atomic E-state index is -0.397. The predicted octanol–water partition coefficient (Wildman–Crippen LogP) is 4.65. The van der Waals surface area contributed by atoms with Crippen molar-refractivity contribution in [2.75, 3.05) is 50.4 Å². The van der Waals surface area contributed by atoms with E-state index < -0.39 is 5.97 Å². The number of allylic oxidation sites excluding steroid dienone is 1. The number of anilines is 2. The number of hydrogen-bond acceptors (Lipinski definition) is 8. The van der Waals surface area contributed by atoms with Gasteiger partial charge in [0.05, 0.1) is 36.7 Å². The smallest absolute Gasteiger partial charge is 0.338 e. The fraction of sp³-hybridized carbons (Fsp3) is 0.346. The molecular formula is C26H30N4O5S. The van der Waals surface area contributed by atoms with E-state index in [-0.39, 0.29) is 18.7 Å². The molecule has 1 unspecified atom stereocenters. The first-order valence-corrected chi connectivity index (χ1v) is 12.7. The number of nitrogens with one attached hydrogen (secondary N) is 2. The number of hydrogen-bond donors (Lipinski definition) is 2. The number of methoxy groups -OCH3 is 2. The van der Waals surface area contributed by atoms with Crippen molar-refractivity contribution in [3.8, 4) is 5.75 Å². The SMILES string of the molecule is COCCOC(=O)C1=C(C)N=C2SCCCN2C1c1ccc(NC(=O)Nc2ccccc2OC)cc1. The largest absolute Gasteiger partial charge is 0.495 e. The highest BCUT2D eigenvalue weighted by Crippen LogP contribution is 2.40. The second-order valence-electron chi connectivity index (χ2n) is 8.22. The molecule has 10 heteroatoms. The van der Waals surface area contributed by atoms with Crippen molar-refractivity contribution in [1.82, 2.24) is 4.90 Å². The Bertz CT molecular complexity index is 1170. The Hall–Kier alpha value is -3.50. The normalized spacial score (nSPS) is 17.1. The molecule has 2 aromatic rings. The van der Waals surface area contributed by atoms with Crippen LogP contribution in [0.1, 0.15) is 24.9 Å². The van der Waals surface area contributed by atoms with Crippen molar-refractivity contribution >= 4 is 40.3 Å². The van der Waals surface area contributed by atoms with Crippen LogP contribution in [0.4, 0.5) is 16.2 Å². The number of amidine groups is 1. The Balaban J connectivity index is 1.53. The Morgan fingerprint density at radius 2 is 1.86 bits per heavy atom. The molecule has 190 valence electrons. The monoisotopic (exact) mass is 510 g/mol. The first-order chi connectivity index (χ1) is 17.5. The maximum atomic E-state index is 13.1. The summed E-state index contributed by atoms with van der Waals surface area (Å²) in [5.41, 5.74) is 3.28. The third kappa shape index (κ3) is 5.83. The third-order valence-electron chi connectivity index (χ3n) is 5.84. The molecule has 4 rings (SSSR count). The number of nitrogens with zero attached hydrogens (tertiary/aromatic N) is 2. The van der Waals surface area contributed by atoms with Gasteiger partial charge in [0.15, 0.2) is 5.17 Å². The van der Waals surface area contributed by atoms with Gasteiger partial charge in [0.25, 0.3) is 0 Å². The Labute approximate surface area is 214 Å². The highest BCUT2D eigenvalue weighted by Gasteiger charge is 2.37. The number of amides is 2. The average molecular weight is 511 g/mol. The Morgan fingerprint density at radius 1 is 1.08 bits per heavy atom. The number of benzene rings is 2. The van der Waals surface area contributed by atoms with Gasteiger partial charge in [-0.25, -0.2) is 14.6 Å². The van der Waals surface area contributed by atoms with Gasteiger partial charge in [-0.1, -0.05) is 36.0 Å². The molecule has 9 nitrogen and oxygen atoms in total. The number of thioether (sulfide) groups is 1. The van der Waals surface area contributed by atoms with Crippen molar-refractivity contribution < 1.29 is 23.8 Å². The number of fused-ring (bicyclic) bond motifs is 1. The molecule has 2 aromatic carbocycles. The van der Waals surface area contributed by atoms with E-state index in [9.17, 15) is 9.59 Å².